The molecule has 5 heteroatoms. The van der Waals surface area contributed by atoms with Gasteiger partial charge in [-0.05, 0) is 0 Å². The standard InChI is InChI=1S/CH2INOS2/c2-3-1(4)6-5/h5H,(H,3,4). The highest BCUT2D eigenvalue weighted by molar-refractivity contribution is 14.1. The average Bonchev–Trinajstić information content (AvgIpc) is 1.65. The van der Waals surface area contributed by atoms with E-state index in [0.29, 0.717) is 0 Å². The van der Waals surface area contributed by atoms with Crippen molar-refractivity contribution >= 4 is 50.6 Å². The molecule has 1 N–H and O–H groups in total. The zero-order chi connectivity index (χ0) is 4.99. The highest BCUT2D eigenvalue weighted by Gasteiger charge is 1.88. The Hall–Kier alpha value is 0.900. The average molecular weight is 235 g/mol. The minimum Gasteiger partial charge on any atom is -0.289 e. The molecule has 0 spiro atoms. The topological polar surface area (TPSA) is 29.1 Å². The van der Waals surface area contributed by atoms with Gasteiger partial charge in [0, 0.05) is 10.8 Å². The lowest BCUT2D eigenvalue weighted by Crippen LogP contribution is -1.99. The molecule has 6 heavy (non-hydrogen) atoms. The van der Waals surface area contributed by atoms with Crippen LogP contribution in [-0.2, 0) is 0 Å². The lowest BCUT2D eigenvalue weighted by molar-refractivity contribution is 0.266. The molecule has 0 aliphatic heterocycles. The van der Waals surface area contributed by atoms with Crippen LogP contribution >= 0.6 is 45.3 Å². The Balaban J connectivity index is 2.99. The van der Waals surface area contributed by atoms with Crippen molar-refractivity contribution in [3.05, 3.63) is 0 Å². The molecular formula is CH2INOS2. The largest absolute Gasteiger partial charge is 0.298 e. The van der Waals surface area contributed by atoms with E-state index < -0.39 is 0 Å². The molecule has 1 amide bonds. The third-order valence-corrected chi connectivity index (χ3v) is 1.78. The predicted molar refractivity (Wildman–Crippen MR) is 39.1 cm³/mol. The molecule has 0 atom stereocenters. The number of nitrogens with one attached hydrogen (secondary N) is 1. The minimum absolute atomic E-state index is 0.140. The van der Waals surface area contributed by atoms with Crippen molar-refractivity contribution in [2.75, 3.05) is 0 Å². The molecule has 0 fully saturated rings. The Labute approximate surface area is 58.7 Å². The maximum absolute atomic E-state index is 9.95. The van der Waals surface area contributed by atoms with Crippen LogP contribution < -0.4 is 3.53 Å². The lowest BCUT2D eigenvalue weighted by atomic mass is 11.5. The quantitative estimate of drug-likeness (QED) is 0.289. The van der Waals surface area contributed by atoms with Gasteiger partial charge in [-0.25, -0.2) is 0 Å². The molecule has 0 saturated carbocycles. The maximum Gasteiger partial charge on any atom is 0.298 e. The highest BCUT2D eigenvalue weighted by Crippen LogP contribution is 2.05. The fraction of sp³-hybridized carbons (Fsp3) is 0. The first-order valence-electron chi connectivity index (χ1n) is 1.03. The van der Waals surface area contributed by atoms with E-state index in [0.717, 1.165) is 10.8 Å². The van der Waals surface area contributed by atoms with Crippen LogP contribution in [0.5, 0.6) is 0 Å². The van der Waals surface area contributed by atoms with Gasteiger partial charge >= 0.3 is 0 Å². The summed E-state index contributed by atoms with van der Waals surface area (Å²) in [5, 5.41) is -0.140. The van der Waals surface area contributed by atoms with Gasteiger partial charge in [0.25, 0.3) is 5.24 Å². The minimum atomic E-state index is -0.140. The SMILES string of the molecule is O=C(NI)SS. The summed E-state index contributed by atoms with van der Waals surface area (Å²) >= 11 is 5.34. The molecule has 0 radical (unpaired) electrons. The summed E-state index contributed by atoms with van der Waals surface area (Å²) in [6.07, 6.45) is 0. The summed E-state index contributed by atoms with van der Waals surface area (Å²) in [6, 6.07) is 0. The Kier molecular flexibility index (Phi) is 4.68. The normalized spacial score (nSPS) is 7.67. The van der Waals surface area contributed by atoms with Gasteiger partial charge in [-0.2, -0.15) is 0 Å². The van der Waals surface area contributed by atoms with E-state index in [-0.39, 0.29) is 5.24 Å². The summed E-state index contributed by atoms with van der Waals surface area (Å²) in [6.45, 7) is 0. The lowest BCUT2D eigenvalue weighted by Gasteiger charge is -1.82. The molecule has 0 aromatic rings. The van der Waals surface area contributed by atoms with Gasteiger partial charge in [0.1, 0.15) is 0 Å². The molecule has 0 heterocycles. The molecule has 0 aliphatic rings. The summed E-state index contributed by atoms with van der Waals surface area (Å²) in [5.41, 5.74) is 0. The van der Waals surface area contributed by atoms with Crippen molar-refractivity contribution in [1.82, 2.24) is 3.53 Å². The van der Waals surface area contributed by atoms with E-state index in [4.69, 9.17) is 0 Å². The van der Waals surface area contributed by atoms with Crippen molar-refractivity contribution in [2.24, 2.45) is 0 Å². The van der Waals surface area contributed by atoms with Crippen LogP contribution in [0, 0.1) is 0 Å². The summed E-state index contributed by atoms with van der Waals surface area (Å²) in [7, 11) is 0.862. The van der Waals surface area contributed by atoms with E-state index in [1.807, 2.05) is 0 Å². The zero-order valence-corrected chi connectivity index (χ0v) is 6.51. The van der Waals surface area contributed by atoms with Crippen LogP contribution in [0.15, 0.2) is 0 Å². The van der Waals surface area contributed by atoms with Crippen LogP contribution in [-0.4, -0.2) is 5.24 Å². The number of hydrogen-bond acceptors (Lipinski definition) is 3. The fourth-order valence-electron chi connectivity index (χ4n) is 0.0173. The smallest absolute Gasteiger partial charge is 0.289 e. The van der Waals surface area contributed by atoms with Crippen molar-refractivity contribution in [3.63, 3.8) is 0 Å². The number of thiol groups is 1. The first-order valence-corrected chi connectivity index (χ1v) is 3.98. The molecule has 0 unspecified atom stereocenters. The van der Waals surface area contributed by atoms with E-state index in [2.05, 4.69) is 15.2 Å². The van der Waals surface area contributed by atoms with Crippen LogP contribution in [0.2, 0.25) is 0 Å². The molecule has 0 rings (SSSR count). The Morgan fingerprint density at radius 2 is 2.50 bits per heavy atom. The second-order valence-electron chi connectivity index (χ2n) is 0.473. The fourth-order valence-corrected chi connectivity index (χ4v) is 1.04. The molecule has 0 saturated heterocycles. The van der Waals surface area contributed by atoms with Crippen LogP contribution in [0.3, 0.4) is 0 Å². The number of rotatable bonds is 0. The molecule has 0 aromatic carbocycles. The molecule has 0 bridgehead atoms. The van der Waals surface area contributed by atoms with E-state index in [1.165, 1.54) is 0 Å². The first kappa shape index (κ1) is 6.90. The van der Waals surface area contributed by atoms with Gasteiger partial charge < -0.3 is 0 Å². The zero-order valence-electron chi connectivity index (χ0n) is 2.64. The number of amides is 1. The van der Waals surface area contributed by atoms with Gasteiger partial charge in [-0.15, -0.1) is 11.7 Å². The van der Waals surface area contributed by atoms with Gasteiger partial charge in [0.15, 0.2) is 0 Å². The van der Waals surface area contributed by atoms with E-state index in [1.54, 1.807) is 22.9 Å². The van der Waals surface area contributed by atoms with Crippen LogP contribution in [0.25, 0.3) is 0 Å². The number of carbonyl (C=O) groups excluding carboxylic acids is 1. The van der Waals surface area contributed by atoms with E-state index >= 15 is 0 Å². The van der Waals surface area contributed by atoms with Crippen LogP contribution in [0.4, 0.5) is 4.79 Å². The Bertz CT molecular complexity index is 51.5. The molecule has 0 aromatic heterocycles. The predicted octanol–water partition coefficient (Wildman–Crippen LogP) is 1.62. The van der Waals surface area contributed by atoms with Crippen molar-refractivity contribution < 1.29 is 4.79 Å². The second-order valence-corrected chi connectivity index (χ2v) is 2.11. The van der Waals surface area contributed by atoms with Crippen LogP contribution in [0.1, 0.15) is 0 Å². The summed E-state index contributed by atoms with van der Waals surface area (Å²) in [5.74, 6) is 0. The number of carbonyl (C=O) groups is 1. The monoisotopic (exact) mass is 235 g/mol. The maximum atomic E-state index is 9.95. The molecular weight excluding hydrogens is 233 g/mol. The highest BCUT2D eigenvalue weighted by atomic mass is 127. The third kappa shape index (κ3) is 3.10. The Morgan fingerprint density at radius 3 is 2.50 bits per heavy atom. The summed E-state index contributed by atoms with van der Waals surface area (Å²) < 4.78 is 2.33. The molecule has 2 nitrogen and oxygen atoms in total. The van der Waals surface area contributed by atoms with Crippen molar-refractivity contribution in [1.29, 1.82) is 0 Å². The van der Waals surface area contributed by atoms with Gasteiger partial charge in [0.2, 0.25) is 0 Å². The second kappa shape index (κ2) is 4.07. The number of halogens is 1. The van der Waals surface area contributed by atoms with Gasteiger partial charge in [-0.3, -0.25) is 8.32 Å². The third-order valence-electron chi connectivity index (χ3n) is 0.160. The number of hydrogen-bond donors (Lipinski definition) is 2. The van der Waals surface area contributed by atoms with Crippen molar-refractivity contribution in [3.8, 4) is 0 Å². The Morgan fingerprint density at radius 1 is 2.00 bits per heavy atom. The van der Waals surface area contributed by atoms with E-state index in [9.17, 15) is 4.79 Å². The molecule has 0 aliphatic carbocycles. The van der Waals surface area contributed by atoms with Gasteiger partial charge in [0.05, 0.1) is 22.9 Å². The summed E-state index contributed by atoms with van der Waals surface area (Å²) in [4.78, 5) is 9.95. The first-order chi connectivity index (χ1) is 2.81. The van der Waals surface area contributed by atoms with Crippen molar-refractivity contribution in [2.45, 2.75) is 0 Å². The van der Waals surface area contributed by atoms with Gasteiger partial charge in [-0.1, -0.05) is 0 Å². The molecule has 36 valence electrons.